The average molecular weight is 280 g/mol. The van der Waals surface area contributed by atoms with Gasteiger partial charge in [-0.15, -0.1) is 0 Å². The molecule has 1 aromatic rings. The number of hydrogen-bond acceptors (Lipinski definition) is 2. The molecule has 20 heavy (non-hydrogen) atoms. The molecule has 1 aliphatic heterocycles. The van der Waals surface area contributed by atoms with Gasteiger partial charge in [0.1, 0.15) is 5.82 Å². The lowest BCUT2D eigenvalue weighted by Gasteiger charge is -2.36. The zero-order chi connectivity index (χ0) is 14.5. The van der Waals surface area contributed by atoms with Crippen LogP contribution < -0.4 is 5.32 Å². The van der Waals surface area contributed by atoms with E-state index in [9.17, 15) is 14.3 Å². The van der Waals surface area contributed by atoms with Gasteiger partial charge in [-0.25, -0.2) is 9.18 Å². The minimum absolute atomic E-state index is 0.0531. The van der Waals surface area contributed by atoms with E-state index in [4.69, 9.17) is 0 Å². The number of anilines is 1. The Kier molecular flexibility index (Phi) is 4.95. The van der Waals surface area contributed by atoms with Crippen molar-refractivity contribution >= 4 is 11.7 Å². The van der Waals surface area contributed by atoms with Gasteiger partial charge in [0.25, 0.3) is 0 Å². The summed E-state index contributed by atoms with van der Waals surface area (Å²) in [5.74, 6) is -0.373. The number of hydrogen-bond donors (Lipinski definition) is 2. The summed E-state index contributed by atoms with van der Waals surface area (Å²) >= 11 is 0. The average Bonchev–Trinajstić information content (AvgIpc) is 2.38. The number of aliphatic hydroxyl groups is 1. The Hall–Kier alpha value is -1.62. The number of nitrogens with one attached hydrogen (secondary N) is 1. The normalized spacial score (nSPS) is 20.6. The molecule has 1 heterocycles. The van der Waals surface area contributed by atoms with Crippen molar-refractivity contribution in [3.63, 3.8) is 0 Å². The van der Waals surface area contributed by atoms with Gasteiger partial charge in [-0.1, -0.05) is 6.07 Å². The van der Waals surface area contributed by atoms with Crippen LogP contribution in [0.15, 0.2) is 24.3 Å². The lowest BCUT2D eigenvalue weighted by Crippen LogP contribution is -2.47. The van der Waals surface area contributed by atoms with E-state index in [2.05, 4.69) is 5.32 Å². The Labute approximate surface area is 118 Å². The highest BCUT2D eigenvalue weighted by molar-refractivity contribution is 5.89. The Balaban J connectivity index is 2.02. The molecule has 0 radical (unpaired) electrons. The fraction of sp³-hybridized carbons (Fsp3) is 0.533. The van der Waals surface area contributed by atoms with Gasteiger partial charge in [0.2, 0.25) is 0 Å². The molecule has 1 fully saturated rings. The van der Waals surface area contributed by atoms with Crippen LogP contribution in [-0.2, 0) is 0 Å². The molecule has 0 aromatic heterocycles. The first-order valence-electron chi connectivity index (χ1n) is 7.07. The van der Waals surface area contributed by atoms with Crippen molar-refractivity contribution in [2.75, 3.05) is 11.9 Å². The SMILES string of the molecule is CC(O)CC1CCCCN1C(=O)Nc1cccc(F)c1. The van der Waals surface area contributed by atoms with Crippen molar-refractivity contribution in [2.24, 2.45) is 0 Å². The van der Waals surface area contributed by atoms with Crippen molar-refractivity contribution in [3.05, 3.63) is 30.1 Å². The lowest BCUT2D eigenvalue weighted by molar-refractivity contribution is 0.108. The molecule has 2 amide bonds. The van der Waals surface area contributed by atoms with Crippen LogP contribution in [0.25, 0.3) is 0 Å². The first kappa shape index (κ1) is 14.8. The second-order valence-corrected chi connectivity index (χ2v) is 5.37. The Morgan fingerprint density at radius 2 is 2.35 bits per heavy atom. The Morgan fingerprint density at radius 3 is 3.05 bits per heavy atom. The maximum Gasteiger partial charge on any atom is 0.322 e. The van der Waals surface area contributed by atoms with Crippen molar-refractivity contribution in [2.45, 2.75) is 44.8 Å². The molecule has 2 N–H and O–H groups in total. The number of urea groups is 1. The number of piperidine rings is 1. The predicted molar refractivity (Wildman–Crippen MR) is 76.1 cm³/mol. The quantitative estimate of drug-likeness (QED) is 0.894. The summed E-state index contributed by atoms with van der Waals surface area (Å²) in [6.07, 6.45) is 3.09. The molecule has 0 spiro atoms. The summed E-state index contributed by atoms with van der Waals surface area (Å²) in [5, 5.41) is 12.2. The highest BCUT2D eigenvalue weighted by Gasteiger charge is 2.27. The van der Waals surface area contributed by atoms with Crippen LogP contribution in [0.5, 0.6) is 0 Å². The van der Waals surface area contributed by atoms with E-state index in [1.54, 1.807) is 24.0 Å². The van der Waals surface area contributed by atoms with Crippen molar-refractivity contribution in [1.82, 2.24) is 4.90 Å². The predicted octanol–water partition coefficient (Wildman–Crippen LogP) is 2.98. The van der Waals surface area contributed by atoms with Crippen LogP contribution in [0, 0.1) is 5.82 Å². The van der Waals surface area contributed by atoms with E-state index < -0.39 is 6.10 Å². The molecule has 1 aliphatic rings. The third-order valence-corrected chi connectivity index (χ3v) is 3.58. The smallest absolute Gasteiger partial charge is 0.322 e. The van der Waals surface area contributed by atoms with Gasteiger partial charge in [-0.05, 0) is 50.8 Å². The summed E-state index contributed by atoms with van der Waals surface area (Å²) in [7, 11) is 0. The van der Waals surface area contributed by atoms with Crippen molar-refractivity contribution < 1.29 is 14.3 Å². The summed E-state index contributed by atoms with van der Waals surface area (Å²) in [4.78, 5) is 14.0. The number of amides is 2. The van der Waals surface area contributed by atoms with Gasteiger partial charge in [0, 0.05) is 18.3 Å². The maximum atomic E-state index is 13.1. The molecule has 4 nitrogen and oxygen atoms in total. The van der Waals surface area contributed by atoms with Gasteiger partial charge in [0.05, 0.1) is 6.10 Å². The number of halogens is 1. The molecule has 1 saturated heterocycles. The fourth-order valence-corrected chi connectivity index (χ4v) is 2.67. The van der Waals surface area contributed by atoms with E-state index in [1.807, 2.05) is 0 Å². The van der Waals surface area contributed by atoms with Gasteiger partial charge in [-0.3, -0.25) is 0 Å². The number of likely N-dealkylation sites (tertiary alicyclic amines) is 1. The van der Waals surface area contributed by atoms with Crippen LogP contribution in [0.1, 0.15) is 32.6 Å². The summed E-state index contributed by atoms with van der Waals surface area (Å²) in [6.45, 7) is 2.41. The minimum Gasteiger partial charge on any atom is -0.393 e. The monoisotopic (exact) mass is 280 g/mol. The van der Waals surface area contributed by atoms with E-state index in [-0.39, 0.29) is 17.9 Å². The molecule has 0 aliphatic carbocycles. The second kappa shape index (κ2) is 6.70. The van der Waals surface area contributed by atoms with E-state index in [0.29, 0.717) is 18.7 Å². The number of aliphatic hydroxyl groups excluding tert-OH is 1. The third-order valence-electron chi connectivity index (χ3n) is 3.58. The minimum atomic E-state index is -0.428. The first-order chi connectivity index (χ1) is 9.56. The number of carbonyl (C=O) groups excluding carboxylic acids is 1. The van der Waals surface area contributed by atoms with Crippen LogP contribution in [-0.4, -0.2) is 34.7 Å². The molecule has 2 unspecified atom stereocenters. The lowest BCUT2D eigenvalue weighted by atomic mass is 9.97. The van der Waals surface area contributed by atoms with Gasteiger partial charge >= 0.3 is 6.03 Å². The fourth-order valence-electron chi connectivity index (χ4n) is 2.67. The molecule has 110 valence electrons. The molecular weight excluding hydrogens is 259 g/mol. The van der Waals surface area contributed by atoms with Crippen LogP contribution >= 0.6 is 0 Å². The van der Waals surface area contributed by atoms with E-state index >= 15 is 0 Å². The topological polar surface area (TPSA) is 52.6 Å². The van der Waals surface area contributed by atoms with Crippen LogP contribution in [0.4, 0.5) is 14.9 Å². The van der Waals surface area contributed by atoms with Gasteiger partial charge in [-0.2, -0.15) is 0 Å². The van der Waals surface area contributed by atoms with Crippen LogP contribution in [0.2, 0.25) is 0 Å². The molecule has 2 atom stereocenters. The van der Waals surface area contributed by atoms with E-state index in [0.717, 1.165) is 19.3 Å². The molecular formula is C15H21FN2O2. The van der Waals surface area contributed by atoms with Crippen molar-refractivity contribution in [1.29, 1.82) is 0 Å². The second-order valence-electron chi connectivity index (χ2n) is 5.37. The third kappa shape index (κ3) is 3.93. The highest BCUT2D eigenvalue weighted by Crippen LogP contribution is 2.22. The maximum absolute atomic E-state index is 13.1. The molecule has 2 rings (SSSR count). The van der Waals surface area contributed by atoms with Gasteiger partial charge in [0.15, 0.2) is 0 Å². The molecule has 0 bridgehead atoms. The first-order valence-corrected chi connectivity index (χ1v) is 7.07. The Bertz CT molecular complexity index is 465. The summed E-state index contributed by atoms with van der Waals surface area (Å²) in [5.41, 5.74) is 0.455. The molecule has 0 saturated carbocycles. The number of nitrogens with zero attached hydrogens (tertiary/aromatic N) is 1. The number of benzene rings is 1. The van der Waals surface area contributed by atoms with E-state index in [1.165, 1.54) is 12.1 Å². The zero-order valence-electron chi connectivity index (χ0n) is 11.7. The highest BCUT2D eigenvalue weighted by atomic mass is 19.1. The number of rotatable bonds is 3. The largest absolute Gasteiger partial charge is 0.393 e. The zero-order valence-corrected chi connectivity index (χ0v) is 11.7. The van der Waals surface area contributed by atoms with Gasteiger partial charge < -0.3 is 15.3 Å². The number of carbonyl (C=O) groups is 1. The molecule has 1 aromatic carbocycles. The molecule has 5 heteroatoms. The summed E-state index contributed by atoms with van der Waals surface area (Å²) < 4.78 is 13.1. The van der Waals surface area contributed by atoms with Crippen molar-refractivity contribution in [3.8, 4) is 0 Å². The summed E-state index contributed by atoms with van der Waals surface area (Å²) in [6, 6.07) is 5.69. The van der Waals surface area contributed by atoms with Crippen LogP contribution in [0.3, 0.4) is 0 Å². The Morgan fingerprint density at radius 1 is 1.55 bits per heavy atom. The standard InChI is InChI=1S/C15H21FN2O2/c1-11(19)9-14-7-2-3-8-18(14)15(20)17-13-6-4-5-12(16)10-13/h4-6,10-11,14,19H,2-3,7-9H2,1H3,(H,17,20).